The maximum Gasteiger partial charge on any atom is 0.243 e. The Hall–Kier alpha value is -0.200. The predicted molar refractivity (Wildman–Crippen MR) is 68.6 cm³/mol. The van der Waals surface area contributed by atoms with Crippen molar-refractivity contribution in [3.8, 4) is 0 Å². The lowest BCUT2D eigenvalue weighted by atomic mass is 10.2. The van der Waals surface area contributed by atoms with Gasteiger partial charge in [-0.25, -0.2) is 0 Å². The lowest BCUT2D eigenvalue weighted by molar-refractivity contribution is 0.348. The van der Waals surface area contributed by atoms with Crippen molar-refractivity contribution in [1.82, 2.24) is 10.1 Å². The maximum atomic E-state index is 5.86. The summed E-state index contributed by atoms with van der Waals surface area (Å²) in [4.78, 5) is 4.42. The molecule has 4 nitrogen and oxygen atoms in total. The van der Waals surface area contributed by atoms with Crippen LogP contribution in [0, 0.1) is 0 Å². The van der Waals surface area contributed by atoms with Gasteiger partial charge in [-0.1, -0.05) is 19.0 Å². The standard InChI is InChI=1S/C10H17N3OS2/c1-3-7(11)10-12-9(13-14-10)8-6(2)15-4-5-16-8/h6-8H,3-5,11H2,1-2H3/t6?,7-,8?/m1/s1. The van der Waals surface area contributed by atoms with E-state index >= 15 is 0 Å². The summed E-state index contributed by atoms with van der Waals surface area (Å²) in [5.41, 5.74) is 5.86. The molecule has 0 aromatic carbocycles. The largest absolute Gasteiger partial charge is 0.338 e. The van der Waals surface area contributed by atoms with Crippen LogP contribution in [0.2, 0.25) is 0 Å². The molecule has 90 valence electrons. The first-order chi connectivity index (χ1) is 7.72. The Morgan fingerprint density at radius 1 is 1.50 bits per heavy atom. The van der Waals surface area contributed by atoms with Crippen molar-refractivity contribution in [3.63, 3.8) is 0 Å². The molecule has 0 amide bonds. The highest BCUT2D eigenvalue weighted by Gasteiger charge is 2.29. The molecule has 0 saturated carbocycles. The molecule has 1 aromatic rings. The van der Waals surface area contributed by atoms with Crippen LogP contribution in [0.1, 0.15) is 43.3 Å². The summed E-state index contributed by atoms with van der Waals surface area (Å²) in [6, 6.07) is -0.127. The van der Waals surface area contributed by atoms with E-state index in [1.165, 1.54) is 5.75 Å². The summed E-state index contributed by atoms with van der Waals surface area (Å²) in [5, 5.41) is 4.95. The molecule has 0 aliphatic carbocycles. The lowest BCUT2D eigenvalue weighted by Crippen LogP contribution is -2.17. The summed E-state index contributed by atoms with van der Waals surface area (Å²) in [7, 11) is 0. The molecule has 2 N–H and O–H groups in total. The zero-order valence-corrected chi connectivity index (χ0v) is 11.2. The number of aromatic nitrogens is 2. The number of hydrogen-bond donors (Lipinski definition) is 1. The predicted octanol–water partition coefficient (Wildman–Crippen LogP) is 2.39. The van der Waals surface area contributed by atoms with Crippen molar-refractivity contribution < 1.29 is 4.52 Å². The number of nitrogens with zero attached hydrogens (tertiary/aromatic N) is 2. The third-order valence-electron chi connectivity index (χ3n) is 2.66. The molecular weight excluding hydrogens is 242 g/mol. The van der Waals surface area contributed by atoms with E-state index in [1.54, 1.807) is 0 Å². The SMILES string of the molecule is CC[C@@H](N)c1nc(C2SCCSC2C)no1. The molecule has 2 rings (SSSR count). The molecule has 1 fully saturated rings. The Bertz CT molecular complexity index is 345. The van der Waals surface area contributed by atoms with Crippen molar-refractivity contribution in [2.75, 3.05) is 11.5 Å². The number of thioether (sulfide) groups is 2. The quantitative estimate of drug-likeness (QED) is 0.899. The second kappa shape index (κ2) is 5.42. The summed E-state index contributed by atoms with van der Waals surface area (Å²) in [6.45, 7) is 4.24. The summed E-state index contributed by atoms with van der Waals surface area (Å²) in [5.74, 6) is 3.75. The van der Waals surface area contributed by atoms with Crippen molar-refractivity contribution >= 4 is 23.5 Å². The van der Waals surface area contributed by atoms with E-state index in [4.69, 9.17) is 10.3 Å². The average Bonchev–Trinajstić information content (AvgIpc) is 2.78. The normalized spacial score (nSPS) is 27.9. The fourth-order valence-electron chi connectivity index (χ4n) is 1.60. The van der Waals surface area contributed by atoms with Crippen LogP contribution in [-0.2, 0) is 0 Å². The van der Waals surface area contributed by atoms with Crippen LogP contribution in [0.15, 0.2) is 4.52 Å². The van der Waals surface area contributed by atoms with Gasteiger partial charge in [-0.15, -0.1) is 11.8 Å². The van der Waals surface area contributed by atoms with Crippen molar-refractivity contribution in [3.05, 3.63) is 11.7 Å². The van der Waals surface area contributed by atoms with E-state index in [2.05, 4.69) is 17.1 Å². The molecule has 0 radical (unpaired) electrons. The Labute approximate surface area is 104 Å². The fraction of sp³-hybridized carbons (Fsp3) is 0.800. The van der Waals surface area contributed by atoms with Gasteiger partial charge >= 0.3 is 0 Å². The highest BCUT2D eigenvalue weighted by Crippen LogP contribution is 2.41. The van der Waals surface area contributed by atoms with Gasteiger partial charge in [0.05, 0.1) is 11.3 Å². The van der Waals surface area contributed by atoms with Gasteiger partial charge in [0.2, 0.25) is 5.89 Å². The van der Waals surface area contributed by atoms with Crippen molar-refractivity contribution in [2.24, 2.45) is 5.73 Å². The van der Waals surface area contributed by atoms with Crippen molar-refractivity contribution in [2.45, 2.75) is 36.8 Å². The topological polar surface area (TPSA) is 64.9 Å². The maximum absolute atomic E-state index is 5.86. The third-order valence-corrected chi connectivity index (χ3v) is 5.74. The monoisotopic (exact) mass is 259 g/mol. The molecule has 6 heteroatoms. The molecule has 1 aromatic heterocycles. The van der Waals surface area contributed by atoms with E-state index in [1.807, 2.05) is 30.4 Å². The summed E-state index contributed by atoms with van der Waals surface area (Å²) >= 11 is 3.88. The molecule has 0 spiro atoms. The molecule has 3 atom stereocenters. The van der Waals surface area contributed by atoms with Gasteiger partial charge in [0.1, 0.15) is 0 Å². The Morgan fingerprint density at radius 2 is 2.25 bits per heavy atom. The second-order valence-electron chi connectivity index (χ2n) is 3.87. The minimum Gasteiger partial charge on any atom is -0.338 e. The Kier molecular flexibility index (Phi) is 4.16. The van der Waals surface area contributed by atoms with Crippen molar-refractivity contribution in [1.29, 1.82) is 0 Å². The molecule has 0 bridgehead atoms. The molecular formula is C10H17N3OS2. The van der Waals surface area contributed by atoms with Gasteiger partial charge in [0.15, 0.2) is 5.82 Å². The van der Waals surface area contributed by atoms with Crippen LogP contribution < -0.4 is 5.73 Å². The number of rotatable bonds is 3. The average molecular weight is 259 g/mol. The first kappa shape index (κ1) is 12.3. The van der Waals surface area contributed by atoms with Gasteiger partial charge in [-0.05, 0) is 6.42 Å². The molecule has 1 saturated heterocycles. The van der Waals surface area contributed by atoms with E-state index < -0.39 is 0 Å². The van der Waals surface area contributed by atoms with Crippen LogP contribution in [0.4, 0.5) is 0 Å². The van der Waals surface area contributed by atoms with E-state index in [-0.39, 0.29) is 6.04 Å². The Morgan fingerprint density at radius 3 is 2.94 bits per heavy atom. The molecule has 1 aliphatic rings. The van der Waals surface area contributed by atoms with Gasteiger partial charge in [0.25, 0.3) is 0 Å². The minimum atomic E-state index is -0.127. The minimum absolute atomic E-state index is 0.127. The molecule has 2 unspecified atom stereocenters. The first-order valence-corrected chi connectivity index (χ1v) is 7.64. The highest BCUT2D eigenvalue weighted by molar-refractivity contribution is 8.06. The second-order valence-corrected chi connectivity index (χ2v) is 6.61. The Balaban J connectivity index is 2.11. The third kappa shape index (κ3) is 2.55. The zero-order chi connectivity index (χ0) is 11.5. The summed E-state index contributed by atoms with van der Waals surface area (Å²) < 4.78 is 5.21. The number of hydrogen-bond acceptors (Lipinski definition) is 6. The van der Waals surface area contributed by atoms with Crippen LogP contribution in [0.25, 0.3) is 0 Å². The number of nitrogens with two attached hydrogens (primary N) is 1. The summed E-state index contributed by atoms with van der Waals surface area (Å²) in [6.07, 6.45) is 0.823. The zero-order valence-electron chi connectivity index (χ0n) is 9.55. The van der Waals surface area contributed by atoms with Crippen LogP contribution in [-0.4, -0.2) is 26.9 Å². The molecule has 1 aliphatic heterocycles. The lowest BCUT2D eigenvalue weighted by Gasteiger charge is -2.24. The smallest absolute Gasteiger partial charge is 0.243 e. The van der Waals surface area contributed by atoms with Crippen LogP contribution >= 0.6 is 23.5 Å². The molecule has 16 heavy (non-hydrogen) atoms. The molecule has 2 heterocycles. The van der Waals surface area contributed by atoms with Crippen LogP contribution in [0.5, 0.6) is 0 Å². The van der Waals surface area contributed by atoms with Gasteiger partial charge in [-0.2, -0.15) is 16.7 Å². The van der Waals surface area contributed by atoms with Crippen LogP contribution in [0.3, 0.4) is 0 Å². The van der Waals surface area contributed by atoms with E-state index in [9.17, 15) is 0 Å². The van der Waals surface area contributed by atoms with E-state index in [0.717, 1.165) is 18.0 Å². The van der Waals surface area contributed by atoms with Gasteiger partial charge in [-0.3, -0.25) is 0 Å². The first-order valence-electron chi connectivity index (χ1n) is 5.54. The fourth-order valence-corrected chi connectivity index (χ4v) is 4.28. The van der Waals surface area contributed by atoms with Gasteiger partial charge < -0.3 is 10.3 Å². The highest BCUT2D eigenvalue weighted by atomic mass is 32.2. The van der Waals surface area contributed by atoms with Gasteiger partial charge in [0, 0.05) is 16.8 Å². The van der Waals surface area contributed by atoms with E-state index in [0.29, 0.717) is 16.4 Å².